The van der Waals surface area contributed by atoms with E-state index in [9.17, 15) is 0 Å². The van der Waals surface area contributed by atoms with E-state index in [2.05, 4.69) is 13.0 Å². The first kappa shape index (κ1) is 16.2. The summed E-state index contributed by atoms with van der Waals surface area (Å²) < 4.78 is 5.86. The quantitative estimate of drug-likeness (QED) is 0.802. The highest BCUT2D eigenvalue weighted by Gasteiger charge is 2.07. The summed E-state index contributed by atoms with van der Waals surface area (Å²) >= 11 is 12.0. The largest absolute Gasteiger partial charge is 0.457 e. The molecule has 0 aliphatic carbocycles. The predicted molar refractivity (Wildman–Crippen MR) is 89.7 cm³/mol. The second-order valence-electron chi connectivity index (χ2n) is 5.18. The topological polar surface area (TPSA) is 35.2 Å². The van der Waals surface area contributed by atoms with Gasteiger partial charge in [0.2, 0.25) is 0 Å². The third kappa shape index (κ3) is 4.63. The highest BCUT2D eigenvalue weighted by molar-refractivity contribution is 6.34. The van der Waals surface area contributed by atoms with E-state index >= 15 is 0 Å². The second-order valence-corrected chi connectivity index (χ2v) is 6.05. The van der Waals surface area contributed by atoms with Crippen LogP contribution in [0.4, 0.5) is 0 Å². The molecule has 0 spiro atoms. The van der Waals surface area contributed by atoms with Crippen molar-refractivity contribution in [2.75, 3.05) is 0 Å². The van der Waals surface area contributed by atoms with Crippen LogP contribution >= 0.6 is 23.2 Å². The Kier molecular flexibility index (Phi) is 5.51. The summed E-state index contributed by atoms with van der Waals surface area (Å²) in [5.41, 5.74) is 8.27. The monoisotopic (exact) mass is 323 g/mol. The number of hydrogen-bond donors (Lipinski definition) is 1. The van der Waals surface area contributed by atoms with Crippen LogP contribution in [-0.4, -0.2) is 6.04 Å². The van der Waals surface area contributed by atoms with Crippen molar-refractivity contribution in [1.82, 2.24) is 0 Å². The Hall–Kier alpha value is -1.22. The molecule has 0 aliphatic rings. The van der Waals surface area contributed by atoms with Gasteiger partial charge >= 0.3 is 0 Å². The van der Waals surface area contributed by atoms with Crippen LogP contribution in [0.5, 0.6) is 11.5 Å². The summed E-state index contributed by atoms with van der Waals surface area (Å²) in [5, 5.41) is 1.11. The van der Waals surface area contributed by atoms with Crippen molar-refractivity contribution >= 4 is 23.2 Å². The standard InChI is InChI=1S/C17H19Cl2NO/c1-3-15(20)7-12-4-5-17(11(2)6-12)21-16-9-13(18)8-14(19)10-16/h4-6,8-10,15H,3,7,20H2,1-2H3. The molecule has 112 valence electrons. The van der Waals surface area contributed by atoms with E-state index in [0.717, 1.165) is 24.2 Å². The molecule has 0 fully saturated rings. The normalized spacial score (nSPS) is 12.2. The van der Waals surface area contributed by atoms with Crippen molar-refractivity contribution in [2.24, 2.45) is 5.73 Å². The minimum atomic E-state index is 0.197. The van der Waals surface area contributed by atoms with E-state index in [0.29, 0.717) is 15.8 Å². The van der Waals surface area contributed by atoms with Crippen LogP contribution in [0, 0.1) is 6.92 Å². The van der Waals surface area contributed by atoms with Gasteiger partial charge in [0.1, 0.15) is 11.5 Å². The molecule has 0 aromatic heterocycles. The van der Waals surface area contributed by atoms with Gasteiger partial charge in [-0.1, -0.05) is 42.3 Å². The molecule has 2 rings (SSSR count). The van der Waals surface area contributed by atoms with Gasteiger partial charge in [-0.25, -0.2) is 0 Å². The number of hydrogen-bond acceptors (Lipinski definition) is 2. The zero-order valence-electron chi connectivity index (χ0n) is 12.2. The second kappa shape index (κ2) is 7.17. The molecule has 2 N–H and O–H groups in total. The van der Waals surface area contributed by atoms with E-state index < -0.39 is 0 Å². The van der Waals surface area contributed by atoms with Crippen molar-refractivity contribution in [3.63, 3.8) is 0 Å². The Balaban J connectivity index is 2.17. The molecular weight excluding hydrogens is 305 g/mol. The Bertz CT molecular complexity index is 608. The fourth-order valence-corrected chi connectivity index (χ4v) is 2.62. The van der Waals surface area contributed by atoms with Gasteiger partial charge in [0, 0.05) is 16.1 Å². The highest BCUT2D eigenvalue weighted by atomic mass is 35.5. The van der Waals surface area contributed by atoms with Gasteiger partial charge in [-0.3, -0.25) is 0 Å². The van der Waals surface area contributed by atoms with Gasteiger partial charge in [-0.15, -0.1) is 0 Å². The van der Waals surface area contributed by atoms with E-state index in [1.54, 1.807) is 18.2 Å². The van der Waals surface area contributed by atoms with Gasteiger partial charge in [0.25, 0.3) is 0 Å². The van der Waals surface area contributed by atoms with Gasteiger partial charge < -0.3 is 10.5 Å². The molecule has 1 unspecified atom stereocenters. The third-order valence-corrected chi connectivity index (χ3v) is 3.76. The van der Waals surface area contributed by atoms with E-state index in [1.165, 1.54) is 5.56 Å². The summed E-state index contributed by atoms with van der Waals surface area (Å²) in [7, 11) is 0. The van der Waals surface area contributed by atoms with Gasteiger partial charge in [0.15, 0.2) is 0 Å². The summed E-state index contributed by atoms with van der Waals surface area (Å²) in [6, 6.07) is 11.5. The van der Waals surface area contributed by atoms with Crippen LogP contribution in [0.2, 0.25) is 10.0 Å². The van der Waals surface area contributed by atoms with Gasteiger partial charge in [-0.2, -0.15) is 0 Å². The van der Waals surface area contributed by atoms with E-state index in [-0.39, 0.29) is 6.04 Å². The number of nitrogens with two attached hydrogens (primary N) is 1. The van der Waals surface area contributed by atoms with Crippen LogP contribution < -0.4 is 10.5 Å². The maximum atomic E-state index is 5.99. The maximum absolute atomic E-state index is 5.99. The minimum Gasteiger partial charge on any atom is -0.457 e. The molecule has 2 aromatic rings. The number of rotatable bonds is 5. The average molecular weight is 324 g/mol. The molecular formula is C17H19Cl2NO. The SMILES string of the molecule is CCC(N)Cc1ccc(Oc2cc(Cl)cc(Cl)c2)c(C)c1. The van der Waals surface area contributed by atoms with Gasteiger partial charge in [0.05, 0.1) is 0 Å². The summed E-state index contributed by atoms with van der Waals surface area (Å²) in [6.07, 6.45) is 1.85. The third-order valence-electron chi connectivity index (χ3n) is 3.33. The molecule has 0 aliphatic heterocycles. The Morgan fingerprint density at radius 2 is 1.76 bits per heavy atom. The molecule has 4 heteroatoms. The molecule has 0 saturated heterocycles. The van der Waals surface area contributed by atoms with Crippen molar-refractivity contribution in [3.05, 3.63) is 57.6 Å². The predicted octanol–water partition coefficient (Wildman–Crippen LogP) is 5.37. The molecule has 2 nitrogen and oxygen atoms in total. The highest BCUT2D eigenvalue weighted by Crippen LogP contribution is 2.30. The molecule has 0 saturated carbocycles. The summed E-state index contributed by atoms with van der Waals surface area (Å²) in [6.45, 7) is 4.11. The lowest BCUT2D eigenvalue weighted by Crippen LogP contribution is -2.21. The lowest BCUT2D eigenvalue weighted by atomic mass is 10.0. The molecule has 0 heterocycles. The number of ether oxygens (including phenoxy) is 1. The number of aryl methyl sites for hydroxylation is 1. The molecule has 0 radical (unpaired) electrons. The Morgan fingerprint density at radius 1 is 1.10 bits per heavy atom. The van der Waals surface area contributed by atoms with Crippen LogP contribution in [0.3, 0.4) is 0 Å². The molecule has 1 atom stereocenters. The lowest BCUT2D eigenvalue weighted by Gasteiger charge is -2.13. The fraction of sp³-hybridized carbons (Fsp3) is 0.294. The summed E-state index contributed by atoms with van der Waals surface area (Å²) in [5.74, 6) is 1.43. The van der Waals surface area contributed by atoms with E-state index in [4.69, 9.17) is 33.7 Å². The fourth-order valence-electron chi connectivity index (χ4n) is 2.11. The average Bonchev–Trinajstić information content (AvgIpc) is 2.40. The van der Waals surface area contributed by atoms with Crippen molar-refractivity contribution in [2.45, 2.75) is 32.7 Å². The Morgan fingerprint density at radius 3 is 2.33 bits per heavy atom. The van der Waals surface area contributed by atoms with Crippen LogP contribution in [-0.2, 0) is 6.42 Å². The van der Waals surface area contributed by atoms with Crippen molar-refractivity contribution < 1.29 is 4.74 Å². The van der Waals surface area contributed by atoms with Crippen LogP contribution in [0.15, 0.2) is 36.4 Å². The molecule has 0 bridgehead atoms. The van der Waals surface area contributed by atoms with Gasteiger partial charge in [-0.05, 0) is 55.2 Å². The maximum Gasteiger partial charge on any atom is 0.130 e. The smallest absolute Gasteiger partial charge is 0.130 e. The molecule has 21 heavy (non-hydrogen) atoms. The number of benzene rings is 2. The lowest BCUT2D eigenvalue weighted by molar-refractivity contribution is 0.478. The van der Waals surface area contributed by atoms with Crippen molar-refractivity contribution in [3.8, 4) is 11.5 Å². The number of halogens is 2. The zero-order chi connectivity index (χ0) is 15.4. The van der Waals surface area contributed by atoms with Crippen molar-refractivity contribution in [1.29, 1.82) is 0 Å². The minimum absolute atomic E-state index is 0.197. The molecule has 0 amide bonds. The zero-order valence-corrected chi connectivity index (χ0v) is 13.7. The first-order valence-corrected chi connectivity index (χ1v) is 7.72. The van der Waals surface area contributed by atoms with E-state index in [1.807, 2.05) is 19.1 Å². The van der Waals surface area contributed by atoms with Crippen LogP contribution in [0.25, 0.3) is 0 Å². The molecule has 2 aromatic carbocycles. The first-order chi connectivity index (χ1) is 9.97. The van der Waals surface area contributed by atoms with Crippen LogP contribution in [0.1, 0.15) is 24.5 Å². The first-order valence-electron chi connectivity index (χ1n) is 6.97. The Labute approximate surface area is 135 Å². The summed E-state index contributed by atoms with van der Waals surface area (Å²) in [4.78, 5) is 0.